The van der Waals surface area contributed by atoms with Crippen molar-refractivity contribution >= 4 is 17.2 Å². The highest BCUT2D eigenvalue weighted by Crippen LogP contribution is 2.21. The van der Waals surface area contributed by atoms with Gasteiger partial charge in [0.25, 0.3) is 5.91 Å². The summed E-state index contributed by atoms with van der Waals surface area (Å²) in [4.78, 5) is 16.9. The molecule has 3 heterocycles. The Labute approximate surface area is 148 Å². The van der Waals surface area contributed by atoms with Gasteiger partial charge in [0.05, 0.1) is 6.26 Å². The summed E-state index contributed by atoms with van der Waals surface area (Å²) in [5, 5.41) is 7.21. The number of furan rings is 1. The average Bonchev–Trinajstić information content (AvgIpc) is 3.26. The molecule has 0 aliphatic heterocycles. The Morgan fingerprint density at radius 1 is 1.19 bits per heavy atom. The van der Waals surface area contributed by atoms with E-state index in [2.05, 4.69) is 15.4 Å². The molecule has 0 aliphatic carbocycles. The summed E-state index contributed by atoms with van der Waals surface area (Å²) in [6, 6.07) is 11.2. The second-order valence-electron chi connectivity index (χ2n) is 5.97. The number of hydrogen-bond donors (Lipinski definition) is 1. The molecule has 0 saturated carbocycles. The minimum Gasteiger partial charge on any atom is -0.463 e. The number of benzene rings is 1. The largest absolute Gasteiger partial charge is 0.463 e. The lowest BCUT2D eigenvalue weighted by Gasteiger charge is -2.09. The lowest BCUT2D eigenvalue weighted by molar-refractivity contribution is 0.102. The number of nitrogens with one attached hydrogen (secondary N) is 1. The zero-order valence-corrected chi connectivity index (χ0v) is 14.2. The molecule has 0 aliphatic rings. The Morgan fingerprint density at radius 2 is 2.04 bits per heavy atom. The summed E-state index contributed by atoms with van der Waals surface area (Å²) >= 11 is 0. The molecule has 0 bridgehead atoms. The number of aromatic nitrogens is 3. The third kappa shape index (κ3) is 2.83. The first kappa shape index (κ1) is 16.0. The number of anilines is 1. The molecule has 130 valence electrons. The van der Waals surface area contributed by atoms with Crippen LogP contribution in [0, 0.1) is 19.7 Å². The maximum Gasteiger partial charge on any atom is 0.274 e. The maximum absolute atomic E-state index is 13.2. The van der Waals surface area contributed by atoms with Crippen molar-refractivity contribution in [2.24, 2.45) is 0 Å². The van der Waals surface area contributed by atoms with Crippen molar-refractivity contribution in [1.82, 2.24) is 14.6 Å². The van der Waals surface area contributed by atoms with Gasteiger partial charge >= 0.3 is 0 Å². The topological polar surface area (TPSA) is 72.4 Å². The lowest BCUT2D eigenvalue weighted by Crippen LogP contribution is -2.16. The zero-order chi connectivity index (χ0) is 18.3. The number of halogens is 1. The van der Waals surface area contributed by atoms with Gasteiger partial charge in [0, 0.05) is 17.4 Å². The van der Waals surface area contributed by atoms with Crippen LogP contribution in [0.5, 0.6) is 0 Å². The predicted molar refractivity (Wildman–Crippen MR) is 94.5 cm³/mol. The molecule has 0 fully saturated rings. The number of rotatable bonds is 3. The smallest absolute Gasteiger partial charge is 0.274 e. The lowest BCUT2D eigenvalue weighted by atomic mass is 10.2. The predicted octanol–water partition coefficient (Wildman–Crippen LogP) is 4.00. The number of amides is 1. The van der Waals surface area contributed by atoms with Crippen LogP contribution in [-0.4, -0.2) is 20.5 Å². The van der Waals surface area contributed by atoms with Crippen molar-refractivity contribution in [2.45, 2.75) is 13.8 Å². The monoisotopic (exact) mass is 350 g/mol. The number of fused-ring (bicyclic) bond motifs is 1. The minimum atomic E-state index is -0.369. The van der Waals surface area contributed by atoms with E-state index in [1.807, 2.05) is 13.0 Å². The average molecular weight is 350 g/mol. The van der Waals surface area contributed by atoms with Gasteiger partial charge in [0.1, 0.15) is 17.2 Å². The van der Waals surface area contributed by atoms with Gasteiger partial charge in [-0.3, -0.25) is 4.79 Å². The van der Waals surface area contributed by atoms with Gasteiger partial charge in [-0.2, -0.15) is 5.10 Å². The minimum absolute atomic E-state index is 0.254. The van der Waals surface area contributed by atoms with E-state index in [0.29, 0.717) is 28.4 Å². The summed E-state index contributed by atoms with van der Waals surface area (Å²) in [5.74, 6) is -0.0884. The summed E-state index contributed by atoms with van der Waals surface area (Å²) in [6.07, 6.45) is 1.57. The van der Waals surface area contributed by atoms with Gasteiger partial charge in [-0.25, -0.2) is 13.9 Å². The molecule has 6 nitrogen and oxygen atoms in total. The van der Waals surface area contributed by atoms with Crippen LogP contribution < -0.4 is 5.32 Å². The van der Waals surface area contributed by atoms with Crippen molar-refractivity contribution < 1.29 is 13.6 Å². The van der Waals surface area contributed by atoms with Gasteiger partial charge in [0.15, 0.2) is 11.4 Å². The number of carbonyl (C=O) groups excluding carboxylic acids is 1. The van der Waals surface area contributed by atoms with Crippen LogP contribution in [0.1, 0.15) is 21.7 Å². The summed E-state index contributed by atoms with van der Waals surface area (Å²) in [5.41, 5.74) is 3.37. The molecule has 1 amide bonds. The van der Waals surface area contributed by atoms with Crippen LogP contribution in [0.15, 0.2) is 53.1 Å². The summed E-state index contributed by atoms with van der Waals surface area (Å²) < 4.78 is 20.2. The van der Waals surface area contributed by atoms with Crippen molar-refractivity contribution in [3.05, 3.63) is 71.5 Å². The molecular formula is C19H15FN4O2. The Kier molecular flexibility index (Phi) is 3.76. The Morgan fingerprint density at radius 3 is 2.77 bits per heavy atom. The zero-order valence-electron chi connectivity index (χ0n) is 14.2. The highest BCUT2D eigenvalue weighted by Gasteiger charge is 2.15. The van der Waals surface area contributed by atoms with E-state index in [4.69, 9.17) is 4.42 Å². The van der Waals surface area contributed by atoms with Crippen molar-refractivity contribution in [3.63, 3.8) is 0 Å². The first-order valence-electron chi connectivity index (χ1n) is 8.00. The number of hydrogen-bond acceptors (Lipinski definition) is 4. The Balaban J connectivity index is 1.69. The van der Waals surface area contributed by atoms with Crippen LogP contribution in [0.25, 0.3) is 17.1 Å². The van der Waals surface area contributed by atoms with Gasteiger partial charge in [-0.1, -0.05) is 0 Å². The Hall–Kier alpha value is -3.48. The quantitative estimate of drug-likeness (QED) is 0.606. The van der Waals surface area contributed by atoms with Crippen molar-refractivity contribution in [1.29, 1.82) is 0 Å². The van der Waals surface area contributed by atoms with Crippen LogP contribution in [0.4, 0.5) is 10.1 Å². The first-order chi connectivity index (χ1) is 12.5. The second kappa shape index (κ2) is 6.11. The molecule has 0 atom stereocenters. The molecule has 3 aromatic heterocycles. The normalized spacial score (nSPS) is 11.0. The van der Waals surface area contributed by atoms with E-state index in [1.165, 1.54) is 18.2 Å². The number of nitrogens with zero attached hydrogens (tertiary/aromatic N) is 3. The fraction of sp³-hybridized carbons (Fsp3) is 0.105. The van der Waals surface area contributed by atoms with E-state index in [0.717, 1.165) is 5.69 Å². The molecule has 4 aromatic rings. The SMILES string of the molecule is Cc1cc(F)ccc1NC(=O)c1cc(C)n2nc(-c3ccco3)cc2n1. The van der Waals surface area contributed by atoms with E-state index in [1.54, 1.807) is 35.9 Å². The van der Waals surface area contributed by atoms with Crippen molar-refractivity contribution in [3.8, 4) is 11.5 Å². The number of aryl methyl sites for hydroxylation is 2. The van der Waals surface area contributed by atoms with E-state index >= 15 is 0 Å². The number of carbonyl (C=O) groups is 1. The van der Waals surface area contributed by atoms with E-state index < -0.39 is 0 Å². The molecule has 0 radical (unpaired) electrons. The molecule has 0 saturated heterocycles. The molecule has 0 unspecified atom stereocenters. The molecule has 1 N–H and O–H groups in total. The first-order valence-corrected chi connectivity index (χ1v) is 8.00. The van der Waals surface area contributed by atoms with E-state index in [9.17, 15) is 9.18 Å². The van der Waals surface area contributed by atoms with Gasteiger partial charge < -0.3 is 9.73 Å². The molecule has 0 spiro atoms. The highest BCUT2D eigenvalue weighted by molar-refractivity contribution is 6.03. The third-order valence-corrected chi connectivity index (χ3v) is 4.05. The molecule has 1 aromatic carbocycles. The molecule has 4 rings (SSSR count). The van der Waals surface area contributed by atoms with Crippen LogP contribution in [0.3, 0.4) is 0 Å². The van der Waals surface area contributed by atoms with Crippen LogP contribution in [0.2, 0.25) is 0 Å². The Bertz CT molecular complexity index is 1120. The van der Waals surface area contributed by atoms with Crippen molar-refractivity contribution in [2.75, 3.05) is 5.32 Å². The molecular weight excluding hydrogens is 335 g/mol. The maximum atomic E-state index is 13.2. The summed E-state index contributed by atoms with van der Waals surface area (Å²) in [7, 11) is 0. The van der Waals surface area contributed by atoms with Crippen LogP contribution in [-0.2, 0) is 0 Å². The standard InChI is InChI=1S/C19H15FN4O2/c1-11-8-13(20)5-6-14(11)22-19(25)16-9-12(2)24-18(21-16)10-15(23-24)17-4-3-7-26-17/h3-10H,1-2H3,(H,22,25). The van der Waals surface area contributed by atoms with E-state index in [-0.39, 0.29) is 17.4 Å². The van der Waals surface area contributed by atoms with Crippen LogP contribution >= 0.6 is 0 Å². The third-order valence-electron chi connectivity index (χ3n) is 4.05. The molecule has 26 heavy (non-hydrogen) atoms. The fourth-order valence-electron chi connectivity index (χ4n) is 2.74. The highest BCUT2D eigenvalue weighted by atomic mass is 19.1. The van der Waals surface area contributed by atoms with Gasteiger partial charge in [-0.05, 0) is 55.8 Å². The second-order valence-corrected chi connectivity index (χ2v) is 5.97. The fourth-order valence-corrected chi connectivity index (χ4v) is 2.74. The summed E-state index contributed by atoms with van der Waals surface area (Å²) in [6.45, 7) is 3.57. The van der Waals surface area contributed by atoms with Gasteiger partial charge in [0.2, 0.25) is 0 Å². The van der Waals surface area contributed by atoms with Gasteiger partial charge in [-0.15, -0.1) is 0 Å². The molecule has 7 heteroatoms.